The van der Waals surface area contributed by atoms with Gasteiger partial charge in [0.1, 0.15) is 5.76 Å². The molecule has 0 spiro atoms. The second-order valence-electron chi connectivity index (χ2n) is 8.17. The van der Waals surface area contributed by atoms with E-state index in [0.29, 0.717) is 36.3 Å². The van der Waals surface area contributed by atoms with Gasteiger partial charge in [-0.25, -0.2) is 9.52 Å². The van der Waals surface area contributed by atoms with Crippen LogP contribution in [-0.4, -0.2) is 25.4 Å². The molecular weight excluding hydrogens is 486 g/mol. The smallest absolute Gasteiger partial charge is 0.333 e. The predicted octanol–water partition coefficient (Wildman–Crippen LogP) is 4.04. The first-order chi connectivity index (χ1) is 14.9. The molecule has 5 rings (SSSR count). The highest BCUT2D eigenvalue weighted by Crippen LogP contribution is 2.44. The van der Waals surface area contributed by atoms with Crippen LogP contribution in [0.1, 0.15) is 59.3 Å². The standard InChI is InChI=1S/C21H22BrN3O5S/c22-19-11-4-1-6-13(11)20(14-7-2-5-12(14)19)23-21(26)25-31(28,29)18-10-15-16(24-27)8-3-9-17(15)30-18/h10,27H,1-9H2,(H2,23,25,26)/b24-16+. The van der Waals surface area contributed by atoms with Crippen molar-refractivity contribution in [2.24, 2.45) is 5.16 Å². The number of furan rings is 1. The van der Waals surface area contributed by atoms with Gasteiger partial charge in [-0.1, -0.05) is 21.1 Å². The maximum atomic E-state index is 12.8. The molecule has 1 aromatic heterocycles. The molecule has 3 aliphatic carbocycles. The number of halogens is 1. The van der Waals surface area contributed by atoms with Gasteiger partial charge in [0.25, 0.3) is 10.0 Å². The Hall–Kier alpha value is -2.33. The number of benzene rings is 1. The van der Waals surface area contributed by atoms with E-state index < -0.39 is 16.1 Å². The molecule has 10 heteroatoms. The number of hydrogen-bond donors (Lipinski definition) is 3. The van der Waals surface area contributed by atoms with Crippen LogP contribution in [0.15, 0.2) is 25.2 Å². The fraction of sp³-hybridized carbons (Fsp3) is 0.429. The van der Waals surface area contributed by atoms with Crippen molar-refractivity contribution in [3.8, 4) is 0 Å². The molecule has 0 fully saturated rings. The van der Waals surface area contributed by atoms with Crippen LogP contribution in [0.25, 0.3) is 0 Å². The maximum Gasteiger partial charge on any atom is 0.333 e. The Kier molecular flexibility index (Phi) is 5.09. The van der Waals surface area contributed by atoms with Crippen LogP contribution in [0.3, 0.4) is 0 Å². The SMILES string of the molecule is O=C(Nc1c2c(c(Br)c3c1CCC3)CCC2)NS(=O)(=O)c1cc2c(o1)CCC/C2=N\O. The van der Waals surface area contributed by atoms with Crippen molar-refractivity contribution in [2.75, 3.05) is 5.32 Å². The zero-order valence-corrected chi connectivity index (χ0v) is 19.2. The summed E-state index contributed by atoms with van der Waals surface area (Å²) in [5.74, 6) is 0.448. The molecule has 0 aliphatic heterocycles. The van der Waals surface area contributed by atoms with Crippen molar-refractivity contribution in [3.05, 3.63) is 44.1 Å². The third-order valence-corrected chi connectivity index (χ3v) is 8.48. The molecule has 0 atom stereocenters. The van der Waals surface area contributed by atoms with Gasteiger partial charge in [-0.2, -0.15) is 8.42 Å². The molecule has 0 bridgehead atoms. The molecule has 3 aliphatic rings. The van der Waals surface area contributed by atoms with Crippen LogP contribution < -0.4 is 10.0 Å². The van der Waals surface area contributed by atoms with E-state index in [4.69, 9.17) is 9.62 Å². The van der Waals surface area contributed by atoms with Crippen LogP contribution in [0.5, 0.6) is 0 Å². The molecule has 8 nitrogen and oxygen atoms in total. The summed E-state index contributed by atoms with van der Waals surface area (Å²) in [6.45, 7) is 0. The van der Waals surface area contributed by atoms with Crippen molar-refractivity contribution in [2.45, 2.75) is 62.9 Å². The summed E-state index contributed by atoms with van der Waals surface area (Å²) >= 11 is 3.74. The summed E-state index contributed by atoms with van der Waals surface area (Å²) in [6.07, 6.45) is 7.43. The Morgan fingerprint density at radius 3 is 2.26 bits per heavy atom. The fourth-order valence-electron chi connectivity index (χ4n) is 4.97. The molecule has 0 radical (unpaired) electrons. The van der Waals surface area contributed by atoms with Gasteiger partial charge in [-0.15, -0.1) is 0 Å². The van der Waals surface area contributed by atoms with Gasteiger partial charge in [-0.05, 0) is 73.6 Å². The first-order valence-electron chi connectivity index (χ1n) is 10.4. The summed E-state index contributed by atoms with van der Waals surface area (Å²) < 4.78 is 34.3. The zero-order valence-electron chi connectivity index (χ0n) is 16.8. The number of urea groups is 1. The van der Waals surface area contributed by atoms with E-state index >= 15 is 0 Å². The minimum atomic E-state index is -4.22. The van der Waals surface area contributed by atoms with Gasteiger partial charge in [-0.3, -0.25) is 0 Å². The molecular formula is C21H22BrN3O5S. The highest BCUT2D eigenvalue weighted by atomic mass is 79.9. The third kappa shape index (κ3) is 3.45. The van der Waals surface area contributed by atoms with Crippen LogP contribution in [-0.2, 0) is 42.1 Å². The number of carbonyl (C=O) groups is 1. The highest BCUT2D eigenvalue weighted by molar-refractivity contribution is 9.10. The van der Waals surface area contributed by atoms with E-state index in [1.54, 1.807) is 0 Å². The lowest BCUT2D eigenvalue weighted by molar-refractivity contribution is 0.256. The molecule has 164 valence electrons. The van der Waals surface area contributed by atoms with E-state index in [2.05, 4.69) is 31.1 Å². The number of oxime groups is 1. The molecule has 2 aromatic rings. The lowest BCUT2D eigenvalue weighted by atomic mass is 9.97. The Morgan fingerprint density at radius 2 is 1.61 bits per heavy atom. The van der Waals surface area contributed by atoms with Crippen LogP contribution >= 0.6 is 15.9 Å². The van der Waals surface area contributed by atoms with Crippen molar-refractivity contribution >= 4 is 43.4 Å². The van der Waals surface area contributed by atoms with Gasteiger partial charge < -0.3 is 14.9 Å². The molecule has 0 saturated heterocycles. The van der Waals surface area contributed by atoms with Gasteiger partial charge in [0.2, 0.25) is 5.09 Å². The average Bonchev–Trinajstić information content (AvgIpc) is 3.49. The van der Waals surface area contributed by atoms with Crippen LogP contribution in [0, 0.1) is 0 Å². The number of hydrogen-bond acceptors (Lipinski definition) is 6. The number of nitrogens with zero attached hydrogens (tertiary/aromatic N) is 1. The summed E-state index contributed by atoms with van der Waals surface area (Å²) in [5.41, 5.74) is 6.23. The number of nitrogens with one attached hydrogen (secondary N) is 2. The molecule has 3 N–H and O–H groups in total. The van der Waals surface area contributed by atoms with Crippen LogP contribution in [0.4, 0.5) is 10.5 Å². The second kappa shape index (κ2) is 7.67. The highest BCUT2D eigenvalue weighted by Gasteiger charge is 2.31. The number of aryl methyl sites for hydroxylation is 1. The molecule has 0 unspecified atom stereocenters. The number of amides is 2. The Morgan fingerprint density at radius 1 is 1.00 bits per heavy atom. The van der Waals surface area contributed by atoms with E-state index in [1.807, 2.05) is 0 Å². The lowest BCUT2D eigenvalue weighted by Gasteiger charge is -2.18. The van der Waals surface area contributed by atoms with E-state index in [1.165, 1.54) is 17.2 Å². The monoisotopic (exact) mass is 507 g/mol. The topological polar surface area (TPSA) is 121 Å². The Labute approximate surface area is 188 Å². The Bertz CT molecular complexity index is 1200. The minimum absolute atomic E-state index is 0.359. The largest absolute Gasteiger partial charge is 0.447 e. The predicted molar refractivity (Wildman–Crippen MR) is 118 cm³/mol. The van der Waals surface area contributed by atoms with Crippen molar-refractivity contribution in [1.29, 1.82) is 0 Å². The molecule has 0 saturated carbocycles. The van der Waals surface area contributed by atoms with Crippen molar-refractivity contribution < 1.29 is 22.8 Å². The maximum absolute atomic E-state index is 12.8. The van der Waals surface area contributed by atoms with Crippen molar-refractivity contribution in [1.82, 2.24) is 4.72 Å². The first-order valence-corrected chi connectivity index (χ1v) is 12.7. The minimum Gasteiger partial charge on any atom is -0.447 e. The van der Waals surface area contributed by atoms with E-state index in [9.17, 15) is 13.2 Å². The number of carbonyl (C=O) groups excluding carboxylic acids is 1. The quantitative estimate of drug-likeness (QED) is 0.427. The number of anilines is 1. The molecule has 31 heavy (non-hydrogen) atoms. The summed E-state index contributed by atoms with van der Waals surface area (Å²) in [4.78, 5) is 12.7. The van der Waals surface area contributed by atoms with E-state index in [-0.39, 0.29) is 5.09 Å². The number of sulfonamides is 1. The molecule has 2 amide bonds. The average molecular weight is 508 g/mol. The number of fused-ring (bicyclic) bond motifs is 3. The van der Waals surface area contributed by atoms with Gasteiger partial charge >= 0.3 is 6.03 Å². The lowest BCUT2D eigenvalue weighted by Crippen LogP contribution is -2.34. The Balaban J connectivity index is 1.42. The summed E-state index contributed by atoms with van der Waals surface area (Å²) in [5, 5.41) is 14.8. The third-order valence-electron chi connectivity index (χ3n) is 6.33. The zero-order chi connectivity index (χ0) is 21.8. The second-order valence-corrected chi connectivity index (χ2v) is 10.6. The first kappa shape index (κ1) is 20.6. The van der Waals surface area contributed by atoms with Crippen LogP contribution in [0.2, 0.25) is 0 Å². The van der Waals surface area contributed by atoms with Gasteiger partial charge in [0.05, 0.1) is 5.71 Å². The van der Waals surface area contributed by atoms with Gasteiger partial charge in [0.15, 0.2) is 0 Å². The fourth-order valence-corrected chi connectivity index (χ4v) is 6.73. The molecule has 1 heterocycles. The number of rotatable bonds is 3. The normalized spacial score (nSPS) is 18.5. The molecule has 1 aromatic carbocycles. The summed E-state index contributed by atoms with van der Waals surface area (Å²) in [6, 6.07) is 0.504. The van der Waals surface area contributed by atoms with E-state index in [0.717, 1.165) is 59.8 Å². The summed E-state index contributed by atoms with van der Waals surface area (Å²) in [7, 11) is -4.22. The van der Waals surface area contributed by atoms with Gasteiger partial charge in [0, 0.05) is 28.2 Å². The van der Waals surface area contributed by atoms with Crippen molar-refractivity contribution in [3.63, 3.8) is 0 Å².